The van der Waals surface area contributed by atoms with Crippen LogP contribution < -0.4 is 5.32 Å². The van der Waals surface area contributed by atoms with Gasteiger partial charge in [0.25, 0.3) is 0 Å². The molecule has 2 atom stereocenters. The lowest BCUT2D eigenvalue weighted by atomic mass is 9.88. The molecule has 0 aromatic carbocycles. The van der Waals surface area contributed by atoms with Crippen LogP contribution in [-0.4, -0.2) is 47.1 Å². The molecular weight excluding hydrogens is 256 g/mol. The Morgan fingerprint density at radius 3 is 2.50 bits per heavy atom. The van der Waals surface area contributed by atoms with E-state index in [-0.39, 0.29) is 17.7 Å². The zero-order chi connectivity index (χ0) is 14.5. The first-order chi connectivity index (χ1) is 9.58. The SMILES string of the molecule is CC(NC(=O)C1CCCCC1)C(=O)N1CCCC(O)C1. The van der Waals surface area contributed by atoms with Gasteiger partial charge in [-0.2, -0.15) is 0 Å². The number of rotatable bonds is 3. The summed E-state index contributed by atoms with van der Waals surface area (Å²) in [5.74, 6) is 0.0157. The number of nitrogens with zero attached hydrogens (tertiary/aromatic N) is 1. The number of carbonyl (C=O) groups excluding carboxylic acids is 2. The van der Waals surface area contributed by atoms with Crippen molar-refractivity contribution in [2.24, 2.45) is 5.92 Å². The third kappa shape index (κ3) is 3.95. The number of hydrogen-bond donors (Lipinski definition) is 2. The standard InChI is InChI=1S/C15H26N2O3/c1-11(15(20)17-9-5-8-13(18)10-17)16-14(19)12-6-3-2-4-7-12/h11-13,18H,2-10H2,1H3,(H,16,19). The van der Waals surface area contributed by atoms with Crippen molar-refractivity contribution in [3.8, 4) is 0 Å². The van der Waals surface area contributed by atoms with Gasteiger partial charge in [0.2, 0.25) is 11.8 Å². The summed E-state index contributed by atoms with van der Waals surface area (Å²) in [4.78, 5) is 26.1. The van der Waals surface area contributed by atoms with Crippen molar-refractivity contribution >= 4 is 11.8 Å². The highest BCUT2D eigenvalue weighted by Crippen LogP contribution is 2.23. The van der Waals surface area contributed by atoms with Crippen LogP contribution in [0.25, 0.3) is 0 Å². The van der Waals surface area contributed by atoms with Crippen LogP contribution in [0.2, 0.25) is 0 Å². The summed E-state index contributed by atoms with van der Waals surface area (Å²) in [6, 6.07) is -0.491. The molecule has 2 fully saturated rings. The lowest BCUT2D eigenvalue weighted by Gasteiger charge is -2.32. The number of β-amino-alcohol motifs (C(OH)–C–C–N with tert-alkyl or cyclic N) is 1. The molecule has 5 nitrogen and oxygen atoms in total. The monoisotopic (exact) mass is 282 g/mol. The molecule has 2 unspecified atom stereocenters. The van der Waals surface area contributed by atoms with Crippen LogP contribution in [0.4, 0.5) is 0 Å². The summed E-state index contributed by atoms with van der Waals surface area (Å²) < 4.78 is 0. The van der Waals surface area contributed by atoms with Crippen LogP contribution in [0.5, 0.6) is 0 Å². The van der Waals surface area contributed by atoms with Gasteiger partial charge in [-0.25, -0.2) is 0 Å². The Hall–Kier alpha value is -1.10. The number of carbonyl (C=O) groups is 2. The molecule has 1 heterocycles. The van der Waals surface area contributed by atoms with Crippen LogP contribution in [0.15, 0.2) is 0 Å². The normalized spacial score (nSPS) is 26.1. The summed E-state index contributed by atoms with van der Waals surface area (Å²) in [5, 5.41) is 12.5. The fraction of sp³-hybridized carbons (Fsp3) is 0.867. The quantitative estimate of drug-likeness (QED) is 0.813. The highest BCUT2D eigenvalue weighted by molar-refractivity contribution is 5.88. The average Bonchev–Trinajstić information content (AvgIpc) is 2.47. The maximum atomic E-state index is 12.3. The van der Waals surface area contributed by atoms with E-state index in [1.54, 1.807) is 11.8 Å². The molecule has 2 N–H and O–H groups in total. The number of aliphatic hydroxyl groups excluding tert-OH is 1. The minimum atomic E-state index is -0.491. The first-order valence-corrected chi connectivity index (χ1v) is 7.85. The number of likely N-dealkylation sites (tertiary alicyclic amines) is 1. The number of aliphatic hydroxyl groups is 1. The second-order valence-corrected chi connectivity index (χ2v) is 6.15. The number of nitrogens with one attached hydrogen (secondary N) is 1. The molecule has 0 bridgehead atoms. The molecule has 114 valence electrons. The minimum Gasteiger partial charge on any atom is -0.391 e. The summed E-state index contributed by atoms with van der Waals surface area (Å²) in [6.45, 7) is 2.81. The molecule has 1 aliphatic heterocycles. The van der Waals surface area contributed by atoms with Gasteiger partial charge >= 0.3 is 0 Å². The Labute approximate surface area is 120 Å². The van der Waals surface area contributed by atoms with Crippen LogP contribution >= 0.6 is 0 Å². The van der Waals surface area contributed by atoms with E-state index in [1.165, 1.54) is 6.42 Å². The molecule has 0 aromatic rings. The molecule has 2 amide bonds. The van der Waals surface area contributed by atoms with Crippen LogP contribution in [0.1, 0.15) is 51.9 Å². The average molecular weight is 282 g/mol. The number of piperidine rings is 1. The largest absolute Gasteiger partial charge is 0.391 e. The van der Waals surface area contributed by atoms with Gasteiger partial charge in [0.15, 0.2) is 0 Å². The molecule has 20 heavy (non-hydrogen) atoms. The summed E-state index contributed by atoms with van der Waals surface area (Å²) in [7, 11) is 0. The molecule has 5 heteroatoms. The van der Waals surface area contributed by atoms with Crippen molar-refractivity contribution in [1.29, 1.82) is 0 Å². The minimum absolute atomic E-state index is 0.0168. The van der Waals surface area contributed by atoms with Gasteiger partial charge in [-0.15, -0.1) is 0 Å². The highest BCUT2D eigenvalue weighted by atomic mass is 16.3. The third-order valence-corrected chi connectivity index (χ3v) is 4.41. The van der Waals surface area contributed by atoms with E-state index in [1.807, 2.05) is 0 Å². The maximum absolute atomic E-state index is 12.3. The molecule has 2 rings (SSSR count). The summed E-state index contributed by atoms with van der Waals surface area (Å²) in [5.41, 5.74) is 0. The Bertz CT molecular complexity index is 353. The van der Waals surface area contributed by atoms with Gasteiger partial charge < -0.3 is 15.3 Å². The van der Waals surface area contributed by atoms with Crippen LogP contribution in [0.3, 0.4) is 0 Å². The Balaban J connectivity index is 1.82. The predicted molar refractivity (Wildman–Crippen MR) is 76.0 cm³/mol. The molecule has 2 aliphatic rings. The zero-order valence-corrected chi connectivity index (χ0v) is 12.3. The van der Waals surface area contributed by atoms with E-state index >= 15 is 0 Å². The Morgan fingerprint density at radius 2 is 1.85 bits per heavy atom. The molecule has 1 aliphatic carbocycles. The first kappa shape index (κ1) is 15.3. The van der Waals surface area contributed by atoms with Crippen molar-refractivity contribution in [2.45, 2.75) is 64.0 Å². The third-order valence-electron chi connectivity index (χ3n) is 4.41. The number of amides is 2. The van der Waals surface area contributed by atoms with E-state index < -0.39 is 12.1 Å². The fourth-order valence-corrected chi connectivity index (χ4v) is 3.19. The summed E-state index contributed by atoms with van der Waals surface area (Å²) >= 11 is 0. The van der Waals surface area contributed by atoms with Gasteiger partial charge in [0, 0.05) is 19.0 Å². The van der Waals surface area contributed by atoms with Gasteiger partial charge in [-0.3, -0.25) is 9.59 Å². The second kappa shape index (κ2) is 7.07. The van der Waals surface area contributed by atoms with Gasteiger partial charge in [0.05, 0.1) is 6.10 Å². The van der Waals surface area contributed by atoms with E-state index in [9.17, 15) is 14.7 Å². The van der Waals surface area contributed by atoms with Gasteiger partial charge in [-0.1, -0.05) is 19.3 Å². The van der Waals surface area contributed by atoms with Crippen molar-refractivity contribution in [2.75, 3.05) is 13.1 Å². The number of hydrogen-bond acceptors (Lipinski definition) is 3. The first-order valence-electron chi connectivity index (χ1n) is 7.85. The lowest BCUT2D eigenvalue weighted by Crippen LogP contribution is -2.52. The van der Waals surface area contributed by atoms with Gasteiger partial charge in [-0.05, 0) is 32.6 Å². The van der Waals surface area contributed by atoms with Crippen molar-refractivity contribution in [3.63, 3.8) is 0 Å². The smallest absolute Gasteiger partial charge is 0.244 e. The van der Waals surface area contributed by atoms with Crippen LogP contribution in [-0.2, 0) is 9.59 Å². The molecule has 0 spiro atoms. The lowest BCUT2D eigenvalue weighted by molar-refractivity contribution is -0.139. The van der Waals surface area contributed by atoms with E-state index in [0.29, 0.717) is 13.1 Å². The van der Waals surface area contributed by atoms with E-state index in [0.717, 1.165) is 38.5 Å². The Kier molecular flexibility index (Phi) is 5.40. The van der Waals surface area contributed by atoms with Crippen molar-refractivity contribution in [3.05, 3.63) is 0 Å². The summed E-state index contributed by atoms with van der Waals surface area (Å²) in [6.07, 6.45) is 6.48. The molecule has 0 aromatic heterocycles. The molecule has 1 saturated heterocycles. The van der Waals surface area contributed by atoms with E-state index in [4.69, 9.17) is 0 Å². The Morgan fingerprint density at radius 1 is 1.15 bits per heavy atom. The fourth-order valence-electron chi connectivity index (χ4n) is 3.19. The highest BCUT2D eigenvalue weighted by Gasteiger charge is 2.28. The van der Waals surface area contributed by atoms with Gasteiger partial charge in [0.1, 0.15) is 6.04 Å². The zero-order valence-electron chi connectivity index (χ0n) is 12.3. The maximum Gasteiger partial charge on any atom is 0.244 e. The second-order valence-electron chi connectivity index (χ2n) is 6.15. The van der Waals surface area contributed by atoms with Crippen molar-refractivity contribution < 1.29 is 14.7 Å². The van der Waals surface area contributed by atoms with Crippen molar-refractivity contribution in [1.82, 2.24) is 10.2 Å². The predicted octanol–water partition coefficient (Wildman–Crippen LogP) is 1.05. The topological polar surface area (TPSA) is 69.6 Å². The molecule has 1 saturated carbocycles. The van der Waals surface area contributed by atoms with Crippen LogP contribution in [0, 0.1) is 5.92 Å². The molecular formula is C15H26N2O3. The van der Waals surface area contributed by atoms with E-state index in [2.05, 4.69) is 5.32 Å². The molecule has 0 radical (unpaired) electrons.